The molecule has 0 amide bonds. The molecule has 0 aliphatic heterocycles. The van der Waals surface area contributed by atoms with Crippen LogP contribution in [0.1, 0.15) is 91.9 Å². The van der Waals surface area contributed by atoms with Crippen LogP contribution in [0.4, 0.5) is 0 Å². The molecule has 4 rings (SSSR count). The summed E-state index contributed by atoms with van der Waals surface area (Å²) in [5, 5.41) is 20.4. The van der Waals surface area contributed by atoms with E-state index in [-0.39, 0.29) is 11.5 Å². The Balaban J connectivity index is 1.47. The van der Waals surface area contributed by atoms with Crippen molar-refractivity contribution >= 4 is 0 Å². The van der Waals surface area contributed by atoms with Crippen LogP contribution in [0.25, 0.3) is 0 Å². The molecule has 0 bridgehead atoms. The lowest BCUT2D eigenvalue weighted by Crippen LogP contribution is -2.38. The lowest BCUT2D eigenvalue weighted by Gasteiger charge is -2.45. The Morgan fingerprint density at radius 3 is 2.55 bits per heavy atom. The number of ether oxygens (including phenoxy) is 1. The van der Waals surface area contributed by atoms with Crippen molar-refractivity contribution in [2.75, 3.05) is 7.11 Å². The van der Waals surface area contributed by atoms with Gasteiger partial charge in [0.25, 0.3) is 0 Å². The Bertz CT molecular complexity index is 718. The predicted molar refractivity (Wildman–Crippen MR) is 127 cm³/mol. The molecule has 8 atom stereocenters. The molecule has 176 valence electrons. The molecule has 4 aliphatic rings. The van der Waals surface area contributed by atoms with E-state index in [1.807, 2.05) is 7.11 Å². The van der Waals surface area contributed by atoms with Gasteiger partial charge in [0, 0.05) is 12.5 Å². The molecule has 0 aromatic rings. The Kier molecular flexibility index (Phi) is 6.29. The van der Waals surface area contributed by atoms with Crippen LogP contribution in [-0.2, 0) is 4.74 Å². The molecule has 0 heterocycles. The first-order valence-electron chi connectivity index (χ1n) is 12.9. The molecule has 0 aromatic heterocycles. The van der Waals surface area contributed by atoms with Gasteiger partial charge in [0.2, 0.25) is 0 Å². The van der Waals surface area contributed by atoms with Crippen molar-refractivity contribution in [3.63, 3.8) is 0 Å². The summed E-state index contributed by atoms with van der Waals surface area (Å²) < 4.78 is 6.12. The van der Waals surface area contributed by atoms with Gasteiger partial charge in [-0.15, -0.1) is 0 Å². The Labute approximate surface area is 190 Å². The molecule has 0 saturated heterocycles. The van der Waals surface area contributed by atoms with Crippen molar-refractivity contribution in [3.05, 3.63) is 23.8 Å². The van der Waals surface area contributed by atoms with Crippen molar-refractivity contribution in [1.29, 1.82) is 0 Å². The monoisotopic (exact) mass is 430 g/mol. The van der Waals surface area contributed by atoms with Gasteiger partial charge in [-0.2, -0.15) is 0 Å². The highest BCUT2D eigenvalue weighted by molar-refractivity contribution is 5.35. The van der Waals surface area contributed by atoms with E-state index in [2.05, 4.69) is 26.5 Å². The lowest BCUT2D eigenvalue weighted by molar-refractivity contribution is -0.0554. The average Bonchev–Trinajstić information content (AvgIpc) is 3.21. The van der Waals surface area contributed by atoms with E-state index in [1.165, 1.54) is 56.9 Å². The van der Waals surface area contributed by atoms with Gasteiger partial charge in [0.15, 0.2) is 0 Å². The third-order valence-electron chi connectivity index (χ3n) is 10.2. The van der Waals surface area contributed by atoms with Gasteiger partial charge in [-0.25, -0.2) is 0 Å². The third-order valence-corrected chi connectivity index (χ3v) is 10.2. The van der Waals surface area contributed by atoms with Crippen molar-refractivity contribution in [2.24, 2.45) is 34.5 Å². The first-order valence-corrected chi connectivity index (χ1v) is 12.9. The van der Waals surface area contributed by atoms with Gasteiger partial charge < -0.3 is 14.9 Å². The molecular formula is C28H46O3. The molecule has 0 aromatic carbocycles. The average molecular weight is 431 g/mol. The predicted octanol–water partition coefficient (Wildman–Crippen LogP) is 6.05. The Hall–Kier alpha value is -0.640. The highest BCUT2D eigenvalue weighted by Crippen LogP contribution is 2.69. The van der Waals surface area contributed by atoms with E-state index >= 15 is 0 Å². The van der Waals surface area contributed by atoms with Crippen LogP contribution in [-0.4, -0.2) is 35.1 Å². The smallest absolute Gasteiger partial charge is 0.0850 e. The van der Waals surface area contributed by atoms with Crippen LogP contribution >= 0.6 is 0 Å². The fourth-order valence-corrected chi connectivity index (χ4v) is 8.08. The van der Waals surface area contributed by atoms with Crippen molar-refractivity contribution < 1.29 is 14.9 Å². The third kappa shape index (κ3) is 3.97. The van der Waals surface area contributed by atoms with E-state index in [0.717, 1.165) is 12.3 Å². The molecule has 4 aliphatic carbocycles. The highest BCUT2D eigenvalue weighted by Gasteiger charge is 2.63. The highest BCUT2D eigenvalue weighted by atomic mass is 16.5. The minimum Gasteiger partial charge on any atom is -0.390 e. The SMILES string of the molecule is C=C1CC[C@@H]2C[C@]12[C@@H](/C=C1\CCC[C@]2(C)[C@@H]([C@H](C)CC[C@@H](O)C(C)(C)O)CC[C@@H]12)OC. The van der Waals surface area contributed by atoms with E-state index in [4.69, 9.17) is 4.74 Å². The van der Waals surface area contributed by atoms with Gasteiger partial charge in [-0.1, -0.05) is 37.6 Å². The molecule has 2 N–H and O–H groups in total. The van der Waals surface area contributed by atoms with Crippen LogP contribution in [0.2, 0.25) is 0 Å². The van der Waals surface area contributed by atoms with Crippen LogP contribution in [0, 0.1) is 34.5 Å². The van der Waals surface area contributed by atoms with Gasteiger partial charge >= 0.3 is 0 Å². The number of fused-ring (bicyclic) bond motifs is 2. The summed E-state index contributed by atoms with van der Waals surface area (Å²) in [7, 11) is 1.90. The standard InChI is InChI=1S/C28H46O3/c1-18(9-14-24(29)26(3,4)30)22-12-13-23-20(8-7-15-27(22,23)5)16-25(31-6)28-17-21(28)11-10-19(28)2/h16,18,21-25,29-30H,2,7-15,17H2,1,3-6H3/b20-16+/t18-,21-,22-,23+,24-,25-,27-,28+/m1/s1. The fourth-order valence-electron chi connectivity index (χ4n) is 8.08. The van der Waals surface area contributed by atoms with Gasteiger partial charge in [-0.3, -0.25) is 0 Å². The van der Waals surface area contributed by atoms with Crippen LogP contribution in [0.15, 0.2) is 23.8 Å². The second-order valence-electron chi connectivity index (χ2n) is 12.3. The summed E-state index contributed by atoms with van der Waals surface area (Å²) >= 11 is 0. The number of allylic oxidation sites excluding steroid dienone is 1. The van der Waals surface area contributed by atoms with E-state index < -0.39 is 11.7 Å². The minimum absolute atomic E-state index is 0.211. The number of rotatable bonds is 8. The van der Waals surface area contributed by atoms with Gasteiger partial charge in [0.05, 0.1) is 17.8 Å². The lowest BCUT2D eigenvalue weighted by atomic mass is 9.60. The zero-order valence-electron chi connectivity index (χ0n) is 20.6. The molecule has 3 nitrogen and oxygen atoms in total. The maximum atomic E-state index is 10.3. The number of methoxy groups -OCH3 is 1. The zero-order valence-corrected chi connectivity index (χ0v) is 20.6. The number of hydrogen-bond donors (Lipinski definition) is 2. The second-order valence-corrected chi connectivity index (χ2v) is 12.3. The summed E-state index contributed by atoms with van der Waals surface area (Å²) in [4.78, 5) is 0. The quantitative estimate of drug-likeness (QED) is 0.461. The fraction of sp³-hybridized carbons (Fsp3) is 0.857. The Morgan fingerprint density at radius 2 is 1.97 bits per heavy atom. The number of aliphatic hydroxyl groups is 2. The van der Waals surface area contributed by atoms with Crippen molar-refractivity contribution in [1.82, 2.24) is 0 Å². The van der Waals surface area contributed by atoms with Gasteiger partial charge in [-0.05, 0) is 107 Å². The van der Waals surface area contributed by atoms with E-state index in [9.17, 15) is 10.2 Å². The summed E-state index contributed by atoms with van der Waals surface area (Å²) in [5.41, 5.74) is 2.68. The molecule has 31 heavy (non-hydrogen) atoms. The summed E-state index contributed by atoms with van der Waals surface area (Å²) in [6.45, 7) is 12.8. The van der Waals surface area contributed by atoms with Crippen molar-refractivity contribution in [3.8, 4) is 0 Å². The maximum absolute atomic E-state index is 10.3. The first kappa shape index (κ1) is 23.5. The molecule has 3 heteroatoms. The second kappa shape index (κ2) is 8.29. The molecular weight excluding hydrogens is 384 g/mol. The maximum Gasteiger partial charge on any atom is 0.0850 e. The normalized spacial score (nSPS) is 41.7. The topological polar surface area (TPSA) is 49.7 Å². The minimum atomic E-state index is -1.01. The Morgan fingerprint density at radius 1 is 1.23 bits per heavy atom. The van der Waals surface area contributed by atoms with Crippen molar-refractivity contribution in [2.45, 2.75) is 110 Å². The molecule has 0 unspecified atom stereocenters. The van der Waals surface area contributed by atoms with Crippen LogP contribution in [0.5, 0.6) is 0 Å². The first-order chi connectivity index (χ1) is 14.5. The molecule has 0 spiro atoms. The number of aliphatic hydroxyl groups excluding tert-OH is 1. The molecule has 4 fully saturated rings. The summed E-state index contributed by atoms with van der Waals surface area (Å²) in [6.07, 6.45) is 14.0. The zero-order chi connectivity index (χ0) is 22.6. The molecule has 0 radical (unpaired) electrons. The number of hydrogen-bond acceptors (Lipinski definition) is 3. The summed E-state index contributed by atoms with van der Waals surface area (Å²) in [5.74, 6) is 2.75. The molecule has 4 saturated carbocycles. The van der Waals surface area contributed by atoms with Gasteiger partial charge in [0.1, 0.15) is 0 Å². The summed E-state index contributed by atoms with van der Waals surface area (Å²) in [6, 6.07) is 0. The van der Waals surface area contributed by atoms with Crippen LogP contribution in [0.3, 0.4) is 0 Å². The largest absolute Gasteiger partial charge is 0.390 e. The van der Waals surface area contributed by atoms with E-state index in [0.29, 0.717) is 29.6 Å². The van der Waals surface area contributed by atoms with Crippen LogP contribution < -0.4 is 0 Å². The van der Waals surface area contributed by atoms with E-state index in [1.54, 1.807) is 19.4 Å².